The van der Waals surface area contributed by atoms with Gasteiger partial charge in [0, 0.05) is 50.6 Å². The Kier molecular flexibility index (Phi) is 11.8. The summed E-state index contributed by atoms with van der Waals surface area (Å²) in [5, 5.41) is 18.6. The number of anilines is 1. The molecule has 0 aromatic heterocycles. The molecule has 0 bridgehead atoms. The van der Waals surface area contributed by atoms with Gasteiger partial charge in [-0.1, -0.05) is 91.3 Å². The van der Waals surface area contributed by atoms with E-state index < -0.39 is 18.1 Å². The molecule has 10 nitrogen and oxygen atoms in total. The van der Waals surface area contributed by atoms with Crippen molar-refractivity contribution in [2.75, 3.05) is 25.0 Å². The zero-order valence-corrected chi connectivity index (χ0v) is 28.6. The average Bonchev–Trinajstić information content (AvgIpc) is 3.69. The number of aliphatic carboxylic acids is 1. The number of carboxylic acids is 1. The van der Waals surface area contributed by atoms with Crippen LogP contribution in [0.5, 0.6) is 0 Å². The maximum absolute atomic E-state index is 12.6. The fraction of sp³-hybridized carbons (Fsp3) is 0.317. The molecule has 0 unspecified atom stereocenters. The molecule has 0 fully saturated rings. The van der Waals surface area contributed by atoms with Crippen LogP contribution in [0.2, 0.25) is 0 Å². The number of carboxylic acid groups (broad SMARTS) is 1. The van der Waals surface area contributed by atoms with Crippen molar-refractivity contribution in [2.45, 2.75) is 63.6 Å². The Bertz CT molecular complexity index is 1810. The maximum atomic E-state index is 12.6. The summed E-state index contributed by atoms with van der Waals surface area (Å²) in [4.78, 5) is 51.5. The van der Waals surface area contributed by atoms with Crippen molar-refractivity contribution in [3.63, 3.8) is 0 Å². The van der Waals surface area contributed by atoms with Crippen LogP contribution in [-0.2, 0) is 32.2 Å². The number of amides is 3. The fourth-order valence-corrected chi connectivity index (χ4v) is 7.05. The standard InChI is InChI=1S/C41H44N4O6/c46-37(20-2-1-9-22-43-41(50)51-27-36-34-18-7-5-16-32(34)33-17-6-8-19-35(33)36)42-23-11-21-38(47)44-31-15-10-14-28(24-31)39(40(48)49)45-25-29-12-3-4-13-30(29)26-45/h3-8,10,12-19,24,36,39H,1-2,9,11,20-23,25-27H2,(H,42,46)(H,43,50)(H,44,47)(H,48,49)/t39-/m0/s1. The highest BCUT2D eigenvalue weighted by atomic mass is 16.5. The third-order valence-electron chi connectivity index (χ3n) is 9.55. The van der Waals surface area contributed by atoms with E-state index in [1.807, 2.05) is 53.4 Å². The van der Waals surface area contributed by atoms with Crippen LogP contribution in [0.4, 0.5) is 10.5 Å². The molecule has 3 amide bonds. The van der Waals surface area contributed by atoms with E-state index in [9.17, 15) is 24.3 Å². The van der Waals surface area contributed by atoms with Crippen molar-refractivity contribution < 1.29 is 29.0 Å². The number of benzene rings is 4. The van der Waals surface area contributed by atoms with Crippen LogP contribution < -0.4 is 16.0 Å². The lowest BCUT2D eigenvalue weighted by Gasteiger charge is -2.24. The summed E-state index contributed by atoms with van der Waals surface area (Å²) in [6.07, 6.45) is 2.83. The van der Waals surface area contributed by atoms with Gasteiger partial charge in [-0.2, -0.15) is 0 Å². The molecule has 6 rings (SSSR count). The summed E-state index contributed by atoms with van der Waals surface area (Å²) < 4.78 is 5.58. The van der Waals surface area contributed by atoms with Gasteiger partial charge in [0.1, 0.15) is 12.6 Å². The number of hydrogen-bond donors (Lipinski definition) is 4. The van der Waals surface area contributed by atoms with E-state index in [0.29, 0.717) is 56.7 Å². The van der Waals surface area contributed by atoms with E-state index in [4.69, 9.17) is 4.74 Å². The Balaban J connectivity index is 0.822. The number of nitrogens with one attached hydrogen (secondary N) is 3. The van der Waals surface area contributed by atoms with Crippen molar-refractivity contribution >= 4 is 29.6 Å². The summed E-state index contributed by atoms with van der Waals surface area (Å²) in [5.74, 6) is -1.19. The van der Waals surface area contributed by atoms with E-state index in [2.05, 4.69) is 40.2 Å². The first-order valence-corrected chi connectivity index (χ1v) is 17.7. The summed E-state index contributed by atoms with van der Waals surface area (Å²) in [5.41, 5.74) is 8.12. The van der Waals surface area contributed by atoms with Crippen LogP contribution in [0, 0.1) is 0 Å². The first kappa shape index (κ1) is 35.3. The number of carbonyl (C=O) groups excluding carboxylic acids is 3. The van der Waals surface area contributed by atoms with Gasteiger partial charge >= 0.3 is 12.1 Å². The molecule has 10 heteroatoms. The van der Waals surface area contributed by atoms with Crippen LogP contribution in [-0.4, -0.2) is 53.6 Å². The van der Waals surface area contributed by atoms with Crippen molar-refractivity contribution in [1.29, 1.82) is 0 Å². The minimum absolute atomic E-state index is 0.0196. The Morgan fingerprint density at radius 3 is 2.02 bits per heavy atom. The Morgan fingerprint density at radius 2 is 1.33 bits per heavy atom. The summed E-state index contributed by atoms with van der Waals surface area (Å²) in [7, 11) is 0. The van der Waals surface area contributed by atoms with Crippen molar-refractivity contribution in [3.8, 4) is 11.1 Å². The van der Waals surface area contributed by atoms with Crippen molar-refractivity contribution in [3.05, 3.63) is 125 Å². The minimum Gasteiger partial charge on any atom is -0.480 e. The molecule has 264 valence electrons. The molecule has 1 heterocycles. The predicted octanol–water partition coefficient (Wildman–Crippen LogP) is 6.76. The lowest BCUT2D eigenvalue weighted by molar-refractivity contribution is -0.144. The number of ether oxygens (including phenoxy) is 1. The normalized spacial score (nSPS) is 13.8. The third-order valence-corrected chi connectivity index (χ3v) is 9.55. The second-order valence-electron chi connectivity index (χ2n) is 13.1. The number of carbonyl (C=O) groups is 4. The van der Waals surface area contributed by atoms with E-state index in [0.717, 1.165) is 24.0 Å². The highest BCUT2D eigenvalue weighted by Gasteiger charge is 2.32. The van der Waals surface area contributed by atoms with Crippen LogP contribution in [0.1, 0.15) is 78.3 Å². The van der Waals surface area contributed by atoms with Crippen molar-refractivity contribution in [2.24, 2.45) is 0 Å². The van der Waals surface area contributed by atoms with E-state index in [1.165, 1.54) is 22.3 Å². The third kappa shape index (κ3) is 9.01. The molecular weight excluding hydrogens is 644 g/mol. The van der Waals surface area contributed by atoms with E-state index in [1.54, 1.807) is 24.3 Å². The van der Waals surface area contributed by atoms with Gasteiger partial charge in [-0.25, -0.2) is 4.79 Å². The van der Waals surface area contributed by atoms with Gasteiger partial charge in [-0.05, 0) is 70.3 Å². The molecule has 4 aromatic rings. The largest absolute Gasteiger partial charge is 0.480 e. The van der Waals surface area contributed by atoms with Crippen LogP contribution >= 0.6 is 0 Å². The highest BCUT2D eigenvalue weighted by molar-refractivity contribution is 5.91. The average molecular weight is 689 g/mol. The number of unbranched alkanes of at least 4 members (excludes halogenated alkanes) is 2. The van der Waals surface area contributed by atoms with Gasteiger partial charge < -0.3 is 25.8 Å². The van der Waals surface area contributed by atoms with E-state index in [-0.39, 0.29) is 30.8 Å². The second-order valence-corrected chi connectivity index (χ2v) is 13.1. The number of rotatable bonds is 16. The molecule has 0 radical (unpaired) electrons. The molecule has 4 N–H and O–H groups in total. The molecule has 0 saturated heterocycles. The van der Waals surface area contributed by atoms with Crippen LogP contribution in [0.15, 0.2) is 97.1 Å². The smallest absolute Gasteiger partial charge is 0.407 e. The number of nitrogens with zero attached hydrogens (tertiary/aromatic N) is 1. The Morgan fingerprint density at radius 1 is 0.706 bits per heavy atom. The van der Waals surface area contributed by atoms with Gasteiger partial charge in [0.15, 0.2) is 0 Å². The quantitative estimate of drug-likeness (QED) is 0.0955. The molecule has 4 aromatic carbocycles. The summed E-state index contributed by atoms with van der Waals surface area (Å²) in [6, 6.07) is 30.6. The lowest BCUT2D eigenvalue weighted by atomic mass is 9.98. The number of hydrogen-bond acceptors (Lipinski definition) is 6. The first-order chi connectivity index (χ1) is 24.9. The second kappa shape index (κ2) is 17.0. The SMILES string of the molecule is O=C(CCCCCNC(=O)OCC1c2ccccc2-c2ccccc21)NCCCC(=O)Nc1cccc([C@@H](C(=O)O)N2Cc3ccccc3C2)c1. The minimum atomic E-state index is -0.938. The molecule has 1 atom stereocenters. The van der Waals surface area contributed by atoms with Crippen LogP contribution in [0.25, 0.3) is 11.1 Å². The molecule has 51 heavy (non-hydrogen) atoms. The molecule has 0 saturated carbocycles. The number of fused-ring (bicyclic) bond motifs is 4. The summed E-state index contributed by atoms with van der Waals surface area (Å²) >= 11 is 0. The molecule has 0 spiro atoms. The van der Waals surface area contributed by atoms with Gasteiger partial charge in [-0.3, -0.25) is 19.3 Å². The molecule has 1 aliphatic carbocycles. The number of alkyl carbamates (subject to hydrolysis) is 1. The van der Waals surface area contributed by atoms with Gasteiger partial charge in [-0.15, -0.1) is 0 Å². The highest BCUT2D eigenvalue weighted by Crippen LogP contribution is 2.44. The predicted molar refractivity (Wildman–Crippen MR) is 195 cm³/mol. The maximum Gasteiger partial charge on any atom is 0.407 e. The van der Waals surface area contributed by atoms with Gasteiger partial charge in [0.05, 0.1) is 0 Å². The van der Waals surface area contributed by atoms with Gasteiger partial charge in [0.25, 0.3) is 0 Å². The topological polar surface area (TPSA) is 137 Å². The van der Waals surface area contributed by atoms with Crippen molar-refractivity contribution in [1.82, 2.24) is 15.5 Å². The van der Waals surface area contributed by atoms with Gasteiger partial charge in [0.2, 0.25) is 11.8 Å². The zero-order chi connectivity index (χ0) is 35.6. The fourth-order valence-electron chi connectivity index (χ4n) is 7.05. The monoisotopic (exact) mass is 688 g/mol. The Hall–Kier alpha value is -5.48. The summed E-state index contributed by atoms with van der Waals surface area (Å²) in [6.45, 7) is 2.23. The zero-order valence-electron chi connectivity index (χ0n) is 28.6. The molecule has 1 aliphatic heterocycles. The lowest BCUT2D eigenvalue weighted by Crippen LogP contribution is -2.30. The van der Waals surface area contributed by atoms with Crippen LogP contribution in [0.3, 0.4) is 0 Å². The first-order valence-electron chi connectivity index (χ1n) is 17.7. The Labute approximate surface area is 298 Å². The van der Waals surface area contributed by atoms with E-state index >= 15 is 0 Å². The molecule has 2 aliphatic rings. The molecular formula is C41H44N4O6.